The first-order chi connectivity index (χ1) is 12.8. The van der Waals surface area contributed by atoms with Gasteiger partial charge in [0.15, 0.2) is 5.66 Å². The first-order valence-electron chi connectivity index (χ1n) is 9.00. The molecule has 0 bridgehead atoms. The third kappa shape index (κ3) is 4.73. The molecule has 0 saturated carbocycles. The van der Waals surface area contributed by atoms with Crippen molar-refractivity contribution in [3.05, 3.63) is 12.4 Å². The molecule has 2 aliphatic heterocycles. The van der Waals surface area contributed by atoms with Crippen molar-refractivity contribution in [3.8, 4) is 12.3 Å². The van der Waals surface area contributed by atoms with Crippen molar-refractivity contribution in [2.24, 2.45) is 17.3 Å². The molecular weight excluding hydrogens is 368 g/mol. The molecule has 10 heteroatoms. The normalized spacial score (nSPS) is 19.6. The maximum absolute atomic E-state index is 12.6. The quantitative estimate of drug-likeness (QED) is 0.667. The number of rotatable bonds is 8. The largest absolute Gasteiger partial charge is 0.353 e. The van der Waals surface area contributed by atoms with E-state index in [0.29, 0.717) is 51.6 Å². The van der Waals surface area contributed by atoms with E-state index in [4.69, 9.17) is 6.42 Å². The summed E-state index contributed by atoms with van der Waals surface area (Å²) in [6, 6.07) is -0.0208. The Kier molecular flexibility index (Phi) is 5.62. The molecule has 0 radical (unpaired) electrons. The lowest BCUT2D eigenvalue weighted by molar-refractivity contribution is -0.122. The lowest BCUT2D eigenvalue weighted by Gasteiger charge is -2.31. The lowest BCUT2D eigenvalue weighted by Crippen LogP contribution is -2.46. The summed E-state index contributed by atoms with van der Waals surface area (Å²) in [4.78, 5) is 12.4. The van der Waals surface area contributed by atoms with Crippen molar-refractivity contribution in [1.82, 2.24) is 19.4 Å². The first kappa shape index (κ1) is 19.5. The van der Waals surface area contributed by atoms with Crippen molar-refractivity contribution >= 4 is 15.9 Å². The summed E-state index contributed by atoms with van der Waals surface area (Å²) >= 11 is 0. The molecular formula is C17H24N6O3S. The summed E-state index contributed by atoms with van der Waals surface area (Å²) in [7, 11) is -1.85. The summed E-state index contributed by atoms with van der Waals surface area (Å²) in [6.07, 6.45) is 11.5. The second kappa shape index (κ2) is 7.78. The smallest absolute Gasteiger partial charge is 0.246 e. The molecule has 3 rings (SSSR count). The monoisotopic (exact) mass is 392 g/mol. The third-order valence-corrected chi connectivity index (χ3v) is 6.79. The number of nitrogens with zero attached hydrogens (tertiary/aromatic N) is 5. The van der Waals surface area contributed by atoms with E-state index < -0.39 is 15.7 Å². The Bertz CT molecular complexity index is 855. The molecule has 27 heavy (non-hydrogen) atoms. The zero-order chi connectivity index (χ0) is 19.5. The SMILES string of the molecule is C#CCCC1(CCC(=O)NC2CCN(S(=O)(=O)c3cnn(C)c3)CC2)N=N1. The van der Waals surface area contributed by atoms with Gasteiger partial charge in [-0.25, -0.2) is 8.42 Å². The van der Waals surface area contributed by atoms with Gasteiger partial charge in [-0.1, -0.05) is 0 Å². The molecule has 0 spiro atoms. The van der Waals surface area contributed by atoms with Gasteiger partial charge in [-0.15, -0.1) is 12.3 Å². The van der Waals surface area contributed by atoms with E-state index in [1.807, 2.05) is 0 Å². The molecule has 1 fully saturated rings. The number of aromatic nitrogens is 2. The lowest BCUT2D eigenvalue weighted by atomic mass is 10.0. The number of aryl methyl sites for hydroxylation is 1. The molecule has 0 unspecified atom stereocenters. The maximum atomic E-state index is 12.6. The minimum Gasteiger partial charge on any atom is -0.353 e. The average Bonchev–Trinajstić information content (AvgIpc) is 3.29. The van der Waals surface area contributed by atoms with E-state index in [2.05, 4.69) is 26.6 Å². The van der Waals surface area contributed by atoms with Gasteiger partial charge in [0, 0.05) is 58.1 Å². The van der Waals surface area contributed by atoms with Crippen LogP contribution in [0.25, 0.3) is 0 Å². The molecule has 0 atom stereocenters. The van der Waals surface area contributed by atoms with Crippen molar-refractivity contribution in [3.63, 3.8) is 0 Å². The zero-order valence-corrected chi connectivity index (χ0v) is 16.2. The number of carbonyl (C=O) groups excluding carboxylic acids is 1. The van der Waals surface area contributed by atoms with E-state index >= 15 is 0 Å². The van der Waals surface area contributed by atoms with E-state index in [0.717, 1.165) is 0 Å². The van der Waals surface area contributed by atoms with Crippen LogP contribution in [0.3, 0.4) is 0 Å². The van der Waals surface area contributed by atoms with Crippen LogP contribution in [0, 0.1) is 12.3 Å². The maximum Gasteiger partial charge on any atom is 0.246 e. The average molecular weight is 392 g/mol. The number of carbonyl (C=O) groups is 1. The molecule has 1 aromatic rings. The van der Waals surface area contributed by atoms with Gasteiger partial charge in [-0.05, 0) is 12.8 Å². The van der Waals surface area contributed by atoms with Crippen LogP contribution < -0.4 is 5.32 Å². The van der Waals surface area contributed by atoms with Gasteiger partial charge in [0.1, 0.15) is 4.90 Å². The Labute approximate surface area is 159 Å². The number of hydrogen-bond acceptors (Lipinski definition) is 6. The Morgan fingerprint density at radius 2 is 2.07 bits per heavy atom. The molecule has 0 aliphatic carbocycles. The highest BCUT2D eigenvalue weighted by Gasteiger charge is 2.39. The summed E-state index contributed by atoms with van der Waals surface area (Å²) in [5.74, 6) is 2.51. The van der Waals surface area contributed by atoms with Crippen molar-refractivity contribution in [1.29, 1.82) is 0 Å². The summed E-state index contributed by atoms with van der Waals surface area (Å²) in [5, 5.41) is 15.0. The van der Waals surface area contributed by atoms with Crippen molar-refractivity contribution < 1.29 is 13.2 Å². The van der Waals surface area contributed by atoms with Crippen LogP contribution in [0.5, 0.6) is 0 Å². The molecule has 146 valence electrons. The van der Waals surface area contributed by atoms with Crippen LogP contribution in [-0.2, 0) is 21.9 Å². The number of hydrogen-bond donors (Lipinski definition) is 1. The first-order valence-corrected chi connectivity index (χ1v) is 10.4. The number of piperidine rings is 1. The number of amides is 1. The molecule has 3 heterocycles. The van der Waals surface area contributed by atoms with Gasteiger partial charge in [0.25, 0.3) is 0 Å². The predicted molar refractivity (Wildman–Crippen MR) is 98.0 cm³/mol. The van der Waals surface area contributed by atoms with E-state index in [9.17, 15) is 13.2 Å². The topological polar surface area (TPSA) is 109 Å². The van der Waals surface area contributed by atoms with Crippen LogP contribution >= 0.6 is 0 Å². The van der Waals surface area contributed by atoms with Crippen molar-refractivity contribution in [2.45, 2.75) is 55.1 Å². The van der Waals surface area contributed by atoms with Gasteiger partial charge in [-0.2, -0.15) is 19.6 Å². The van der Waals surface area contributed by atoms with Gasteiger partial charge < -0.3 is 5.32 Å². The standard InChI is InChI=1S/C17H24N6O3S/c1-3-4-8-17(20-21-17)9-5-16(24)19-14-6-10-23(11-7-14)27(25,26)15-12-18-22(2)13-15/h1,12-14H,4-11H2,2H3,(H,19,24). The molecule has 0 aromatic carbocycles. The van der Waals surface area contributed by atoms with Crippen LogP contribution in [0.15, 0.2) is 27.5 Å². The van der Waals surface area contributed by atoms with E-state index in [1.165, 1.54) is 21.4 Å². The molecule has 1 N–H and O–H groups in total. The van der Waals surface area contributed by atoms with E-state index in [-0.39, 0.29) is 16.8 Å². The number of nitrogens with one attached hydrogen (secondary N) is 1. The van der Waals surface area contributed by atoms with Crippen LogP contribution in [0.2, 0.25) is 0 Å². The summed E-state index contributed by atoms with van der Waals surface area (Å²) < 4.78 is 28.1. The summed E-state index contributed by atoms with van der Waals surface area (Å²) in [5.41, 5.74) is -0.454. The highest BCUT2D eigenvalue weighted by Crippen LogP contribution is 2.37. The molecule has 2 aliphatic rings. The fourth-order valence-electron chi connectivity index (χ4n) is 3.20. The Balaban J connectivity index is 1.43. The second-order valence-corrected chi connectivity index (χ2v) is 8.92. The molecule has 1 amide bonds. The molecule has 1 aromatic heterocycles. The van der Waals surface area contributed by atoms with E-state index in [1.54, 1.807) is 7.05 Å². The molecule has 1 saturated heterocycles. The van der Waals surface area contributed by atoms with Crippen molar-refractivity contribution in [2.75, 3.05) is 13.1 Å². The van der Waals surface area contributed by atoms with Crippen LogP contribution in [0.4, 0.5) is 0 Å². The van der Waals surface area contributed by atoms with Gasteiger partial charge in [0.2, 0.25) is 15.9 Å². The van der Waals surface area contributed by atoms with Crippen LogP contribution in [-0.4, -0.2) is 53.2 Å². The minimum atomic E-state index is -3.53. The van der Waals surface area contributed by atoms with Crippen LogP contribution in [0.1, 0.15) is 38.5 Å². The highest BCUT2D eigenvalue weighted by atomic mass is 32.2. The Morgan fingerprint density at radius 3 is 2.63 bits per heavy atom. The number of sulfonamides is 1. The second-order valence-electron chi connectivity index (χ2n) is 6.98. The fourth-order valence-corrected chi connectivity index (χ4v) is 4.66. The van der Waals surface area contributed by atoms with Gasteiger partial charge in [0.05, 0.1) is 6.20 Å². The van der Waals surface area contributed by atoms with Gasteiger partial charge in [-0.3, -0.25) is 9.48 Å². The molecule has 9 nitrogen and oxygen atoms in total. The predicted octanol–water partition coefficient (Wildman–Crippen LogP) is 1.05. The zero-order valence-electron chi connectivity index (χ0n) is 15.3. The summed E-state index contributed by atoms with van der Waals surface area (Å²) in [6.45, 7) is 0.748. The number of terminal acetylenes is 1. The Hall–Kier alpha value is -2.25. The third-order valence-electron chi connectivity index (χ3n) is 4.94. The van der Waals surface area contributed by atoms with Gasteiger partial charge >= 0.3 is 0 Å². The minimum absolute atomic E-state index is 0.0208. The Morgan fingerprint density at radius 1 is 1.37 bits per heavy atom. The highest BCUT2D eigenvalue weighted by molar-refractivity contribution is 7.89. The fraction of sp³-hybridized carbons (Fsp3) is 0.647.